The molecule has 1 unspecified atom stereocenters. The van der Waals surface area contributed by atoms with Crippen molar-refractivity contribution in [1.29, 1.82) is 0 Å². The second-order valence-corrected chi connectivity index (χ2v) is 4.86. The summed E-state index contributed by atoms with van der Waals surface area (Å²) in [6.45, 7) is 2.76. The fourth-order valence-corrected chi connectivity index (χ4v) is 2.22. The number of furan rings is 1. The van der Waals surface area contributed by atoms with Crippen molar-refractivity contribution >= 4 is 16.5 Å². The van der Waals surface area contributed by atoms with Crippen LogP contribution in [0, 0.1) is 0 Å². The summed E-state index contributed by atoms with van der Waals surface area (Å²) in [6.07, 6.45) is 5.27. The SMILES string of the molecule is CC(N)c1cnc(N(C)Cc2ccoc2)s1. The molecule has 0 spiro atoms. The van der Waals surface area contributed by atoms with E-state index in [2.05, 4.69) is 9.88 Å². The maximum atomic E-state index is 5.80. The molecule has 2 heterocycles. The number of nitrogens with zero attached hydrogens (tertiary/aromatic N) is 2. The van der Waals surface area contributed by atoms with E-state index in [9.17, 15) is 0 Å². The topological polar surface area (TPSA) is 55.3 Å². The number of hydrogen-bond donors (Lipinski definition) is 1. The summed E-state index contributed by atoms with van der Waals surface area (Å²) in [7, 11) is 2.01. The summed E-state index contributed by atoms with van der Waals surface area (Å²) in [5.41, 5.74) is 6.94. The molecule has 2 aromatic rings. The largest absolute Gasteiger partial charge is 0.472 e. The van der Waals surface area contributed by atoms with E-state index in [0.29, 0.717) is 0 Å². The Morgan fingerprint density at radius 2 is 2.44 bits per heavy atom. The molecule has 0 fully saturated rings. The van der Waals surface area contributed by atoms with Crippen molar-refractivity contribution in [2.75, 3.05) is 11.9 Å². The smallest absolute Gasteiger partial charge is 0.185 e. The number of hydrogen-bond acceptors (Lipinski definition) is 5. The van der Waals surface area contributed by atoms with Crippen LogP contribution in [0.2, 0.25) is 0 Å². The fourth-order valence-electron chi connectivity index (χ4n) is 1.39. The number of rotatable bonds is 4. The van der Waals surface area contributed by atoms with E-state index >= 15 is 0 Å². The molecule has 0 aliphatic carbocycles. The van der Waals surface area contributed by atoms with Gasteiger partial charge in [0.1, 0.15) is 0 Å². The van der Waals surface area contributed by atoms with Gasteiger partial charge in [0.05, 0.1) is 12.5 Å². The van der Waals surface area contributed by atoms with Gasteiger partial charge >= 0.3 is 0 Å². The van der Waals surface area contributed by atoms with Crippen molar-refractivity contribution in [2.24, 2.45) is 5.73 Å². The van der Waals surface area contributed by atoms with E-state index in [-0.39, 0.29) is 6.04 Å². The van der Waals surface area contributed by atoms with E-state index < -0.39 is 0 Å². The third-order valence-electron chi connectivity index (χ3n) is 2.29. The second kappa shape index (κ2) is 4.67. The van der Waals surface area contributed by atoms with Crippen LogP contribution < -0.4 is 10.6 Å². The summed E-state index contributed by atoms with van der Waals surface area (Å²) < 4.78 is 5.03. The molecule has 0 bridgehead atoms. The van der Waals surface area contributed by atoms with Crippen LogP contribution in [0.3, 0.4) is 0 Å². The Kier molecular flexibility index (Phi) is 3.26. The highest BCUT2D eigenvalue weighted by molar-refractivity contribution is 7.15. The molecule has 0 saturated carbocycles. The van der Waals surface area contributed by atoms with Gasteiger partial charge in [-0.3, -0.25) is 0 Å². The van der Waals surface area contributed by atoms with Crippen molar-refractivity contribution in [3.63, 3.8) is 0 Å². The van der Waals surface area contributed by atoms with Gasteiger partial charge in [-0.15, -0.1) is 11.3 Å². The van der Waals surface area contributed by atoms with E-state index in [1.165, 1.54) is 0 Å². The van der Waals surface area contributed by atoms with Gasteiger partial charge < -0.3 is 15.1 Å². The fraction of sp³-hybridized carbons (Fsp3) is 0.364. The molecule has 0 aliphatic heterocycles. The third-order valence-corrected chi connectivity index (χ3v) is 3.60. The molecule has 2 aromatic heterocycles. The predicted molar refractivity (Wildman–Crippen MR) is 65.5 cm³/mol. The lowest BCUT2D eigenvalue weighted by molar-refractivity contribution is 0.563. The molecule has 0 aliphatic rings. The van der Waals surface area contributed by atoms with Gasteiger partial charge in [0.2, 0.25) is 0 Å². The highest BCUT2D eigenvalue weighted by atomic mass is 32.1. The van der Waals surface area contributed by atoms with Gasteiger partial charge in [-0.25, -0.2) is 4.98 Å². The van der Waals surface area contributed by atoms with Crippen molar-refractivity contribution in [1.82, 2.24) is 4.98 Å². The zero-order valence-corrected chi connectivity index (χ0v) is 10.2. The summed E-state index contributed by atoms with van der Waals surface area (Å²) in [5, 5.41) is 0.980. The van der Waals surface area contributed by atoms with Gasteiger partial charge in [0.15, 0.2) is 5.13 Å². The van der Waals surface area contributed by atoms with Crippen LogP contribution in [0.4, 0.5) is 5.13 Å². The van der Waals surface area contributed by atoms with Crippen LogP contribution in [0.5, 0.6) is 0 Å². The maximum Gasteiger partial charge on any atom is 0.185 e. The molecule has 2 rings (SSSR count). The van der Waals surface area contributed by atoms with Crippen LogP contribution in [-0.2, 0) is 6.54 Å². The maximum absolute atomic E-state index is 5.80. The standard InChI is InChI=1S/C11H15N3OS/c1-8(12)10-5-13-11(16-10)14(2)6-9-3-4-15-7-9/h3-5,7-8H,6,12H2,1-2H3. The monoisotopic (exact) mass is 237 g/mol. The first-order valence-corrected chi connectivity index (χ1v) is 5.92. The summed E-state index contributed by atoms with van der Waals surface area (Å²) in [4.78, 5) is 7.54. The van der Waals surface area contributed by atoms with Gasteiger partial charge in [0, 0.05) is 36.3 Å². The molecule has 0 amide bonds. The quantitative estimate of drug-likeness (QED) is 0.887. The molecule has 16 heavy (non-hydrogen) atoms. The first-order valence-electron chi connectivity index (χ1n) is 5.10. The lowest BCUT2D eigenvalue weighted by atomic mass is 10.3. The molecule has 0 aromatic carbocycles. The van der Waals surface area contributed by atoms with Crippen LogP contribution in [0.1, 0.15) is 23.4 Å². The highest BCUT2D eigenvalue weighted by Crippen LogP contribution is 2.26. The summed E-state index contributed by atoms with van der Waals surface area (Å²) in [6, 6.07) is 2.00. The van der Waals surface area contributed by atoms with E-state index in [0.717, 1.165) is 22.1 Å². The highest BCUT2D eigenvalue weighted by Gasteiger charge is 2.10. The first-order chi connectivity index (χ1) is 7.66. The van der Waals surface area contributed by atoms with E-state index in [1.54, 1.807) is 23.9 Å². The summed E-state index contributed by atoms with van der Waals surface area (Å²) in [5.74, 6) is 0. The molecule has 4 nitrogen and oxygen atoms in total. The normalized spacial score (nSPS) is 12.7. The Morgan fingerprint density at radius 1 is 1.62 bits per heavy atom. The van der Waals surface area contributed by atoms with E-state index in [4.69, 9.17) is 10.2 Å². The lowest BCUT2D eigenvalue weighted by Crippen LogP contribution is -2.15. The predicted octanol–water partition coefficient (Wildman–Crippen LogP) is 2.39. The van der Waals surface area contributed by atoms with Crippen LogP contribution in [-0.4, -0.2) is 12.0 Å². The van der Waals surface area contributed by atoms with Crippen LogP contribution in [0.25, 0.3) is 0 Å². The Bertz CT molecular complexity index is 436. The second-order valence-electron chi connectivity index (χ2n) is 3.82. The van der Waals surface area contributed by atoms with Crippen molar-refractivity contribution in [2.45, 2.75) is 19.5 Å². The first kappa shape index (κ1) is 11.2. The molecule has 0 saturated heterocycles. The zero-order chi connectivity index (χ0) is 11.5. The van der Waals surface area contributed by atoms with E-state index in [1.807, 2.05) is 26.2 Å². The molecular weight excluding hydrogens is 222 g/mol. The molecule has 5 heteroatoms. The Balaban J connectivity index is 2.06. The van der Waals surface area contributed by atoms with Crippen molar-refractivity contribution in [3.05, 3.63) is 35.2 Å². The molecular formula is C11H15N3OS. The minimum atomic E-state index is 0.0496. The Labute approximate surface area is 98.7 Å². The van der Waals surface area contributed by atoms with Gasteiger partial charge in [0.25, 0.3) is 0 Å². The molecule has 86 valence electrons. The van der Waals surface area contributed by atoms with Gasteiger partial charge in [-0.05, 0) is 13.0 Å². The minimum Gasteiger partial charge on any atom is -0.472 e. The number of thiazole rings is 1. The minimum absolute atomic E-state index is 0.0496. The Hall–Kier alpha value is -1.33. The average molecular weight is 237 g/mol. The lowest BCUT2D eigenvalue weighted by Gasteiger charge is -2.13. The van der Waals surface area contributed by atoms with Gasteiger partial charge in [-0.1, -0.05) is 0 Å². The number of nitrogens with two attached hydrogens (primary N) is 1. The Morgan fingerprint density at radius 3 is 3.00 bits per heavy atom. The molecule has 0 radical (unpaired) electrons. The van der Waals surface area contributed by atoms with Crippen LogP contribution >= 0.6 is 11.3 Å². The van der Waals surface area contributed by atoms with Crippen molar-refractivity contribution < 1.29 is 4.42 Å². The molecule has 1 atom stereocenters. The van der Waals surface area contributed by atoms with Crippen LogP contribution in [0.15, 0.2) is 29.2 Å². The van der Waals surface area contributed by atoms with Crippen molar-refractivity contribution in [3.8, 4) is 0 Å². The zero-order valence-electron chi connectivity index (χ0n) is 9.38. The number of anilines is 1. The van der Waals surface area contributed by atoms with Gasteiger partial charge in [-0.2, -0.15) is 0 Å². The summed E-state index contributed by atoms with van der Waals surface area (Å²) >= 11 is 1.63. The number of aromatic nitrogens is 1. The third kappa shape index (κ3) is 2.43. The molecule has 2 N–H and O–H groups in total. The average Bonchev–Trinajstić information content (AvgIpc) is 2.86.